The normalized spacial score (nSPS) is 30.7. The van der Waals surface area contributed by atoms with Gasteiger partial charge in [-0.2, -0.15) is 0 Å². The number of nitrogens with zero attached hydrogens (tertiary/aromatic N) is 1. The van der Waals surface area contributed by atoms with Crippen molar-refractivity contribution in [2.24, 2.45) is 0 Å². The molecule has 1 N–H and O–H groups in total. The second-order valence-electron chi connectivity index (χ2n) is 4.32. The summed E-state index contributed by atoms with van der Waals surface area (Å²) in [6.07, 6.45) is 2.71. The van der Waals surface area contributed by atoms with Gasteiger partial charge in [0.15, 0.2) is 0 Å². The van der Waals surface area contributed by atoms with Crippen LogP contribution in [0.2, 0.25) is 0 Å². The van der Waals surface area contributed by atoms with Crippen LogP contribution < -0.4 is 10.2 Å². The van der Waals surface area contributed by atoms with Gasteiger partial charge < -0.3 is 10.2 Å². The SMILES string of the molecule is c1ccc(N2CC3CCC2CN3)cc1. The van der Waals surface area contributed by atoms with Crippen LogP contribution in [0.25, 0.3) is 0 Å². The standard InChI is InChI=1S/C12H16N2/c1-2-4-11(5-3-1)14-9-10-6-7-12(14)8-13-10/h1-5,10,12-13H,6-9H2. The lowest BCUT2D eigenvalue weighted by Gasteiger charge is -2.47. The van der Waals surface area contributed by atoms with E-state index in [4.69, 9.17) is 0 Å². The maximum atomic E-state index is 3.58. The lowest BCUT2D eigenvalue weighted by Crippen LogP contribution is -2.61. The van der Waals surface area contributed by atoms with Crippen molar-refractivity contribution >= 4 is 5.69 Å². The highest BCUT2D eigenvalue weighted by Crippen LogP contribution is 2.27. The Morgan fingerprint density at radius 1 is 1.14 bits per heavy atom. The molecule has 74 valence electrons. The van der Waals surface area contributed by atoms with E-state index >= 15 is 0 Å². The van der Waals surface area contributed by atoms with E-state index < -0.39 is 0 Å². The van der Waals surface area contributed by atoms with Crippen LogP contribution in [-0.4, -0.2) is 25.2 Å². The maximum Gasteiger partial charge on any atom is 0.0415 e. The predicted octanol–water partition coefficient (Wildman–Crippen LogP) is 1.63. The van der Waals surface area contributed by atoms with E-state index in [0.29, 0.717) is 0 Å². The zero-order valence-electron chi connectivity index (χ0n) is 8.32. The number of rotatable bonds is 1. The second-order valence-corrected chi connectivity index (χ2v) is 4.32. The van der Waals surface area contributed by atoms with Crippen LogP contribution in [0.5, 0.6) is 0 Å². The van der Waals surface area contributed by atoms with Crippen molar-refractivity contribution in [2.45, 2.75) is 24.9 Å². The summed E-state index contributed by atoms with van der Waals surface area (Å²) < 4.78 is 0. The highest BCUT2D eigenvalue weighted by Gasteiger charge is 2.33. The molecule has 0 amide bonds. The van der Waals surface area contributed by atoms with E-state index in [2.05, 4.69) is 40.5 Å². The van der Waals surface area contributed by atoms with E-state index in [9.17, 15) is 0 Å². The summed E-state index contributed by atoms with van der Waals surface area (Å²) in [6.45, 7) is 2.36. The third kappa shape index (κ3) is 1.30. The summed E-state index contributed by atoms with van der Waals surface area (Å²) in [4.78, 5) is 2.56. The van der Waals surface area contributed by atoms with Gasteiger partial charge in [-0.25, -0.2) is 0 Å². The third-order valence-corrected chi connectivity index (χ3v) is 3.44. The monoisotopic (exact) mass is 188 g/mol. The minimum atomic E-state index is 0.722. The largest absolute Gasteiger partial charge is 0.366 e. The highest BCUT2D eigenvalue weighted by molar-refractivity contribution is 5.48. The zero-order valence-corrected chi connectivity index (χ0v) is 8.32. The van der Waals surface area contributed by atoms with Crippen LogP contribution in [0.15, 0.2) is 30.3 Å². The Hall–Kier alpha value is -1.02. The molecular formula is C12H16N2. The Labute approximate surface area is 84.9 Å². The van der Waals surface area contributed by atoms with E-state index in [1.807, 2.05) is 0 Å². The molecule has 2 atom stereocenters. The molecule has 2 unspecified atom stereocenters. The Morgan fingerprint density at radius 2 is 2.00 bits per heavy atom. The van der Waals surface area contributed by atoms with Crippen molar-refractivity contribution in [3.8, 4) is 0 Å². The van der Waals surface area contributed by atoms with Gasteiger partial charge in [-0.15, -0.1) is 0 Å². The van der Waals surface area contributed by atoms with Crippen molar-refractivity contribution in [3.05, 3.63) is 30.3 Å². The quantitative estimate of drug-likeness (QED) is 0.720. The summed E-state index contributed by atoms with van der Waals surface area (Å²) in [6, 6.07) is 12.2. The minimum absolute atomic E-state index is 0.722. The van der Waals surface area contributed by atoms with Crippen molar-refractivity contribution in [1.29, 1.82) is 0 Å². The molecule has 4 rings (SSSR count). The molecule has 0 saturated carbocycles. The van der Waals surface area contributed by atoms with Gasteiger partial charge in [0.25, 0.3) is 0 Å². The molecule has 1 aromatic rings. The number of hydrogen-bond donors (Lipinski definition) is 1. The molecular weight excluding hydrogens is 172 g/mol. The Kier molecular flexibility index (Phi) is 1.95. The molecule has 3 fully saturated rings. The van der Waals surface area contributed by atoms with Crippen molar-refractivity contribution in [1.82, 2.24) is 5.32 Å². The van der Waals surface area contributed by atoms with Gasteiger partial charge in [-0.05, 0) is 25.0 Å². The molecule has 14 heavy (non-hydrogen) atoms. The first-order valence-electron chi connectivity index (χ1n) is 5.48. The molecule has 0 spiro atoms. The van der Waals surface area contributed by atoms with Gasteiger partial charge in [0.2, 0.25) is 0 Å². The molecule has 0 aliphatic carbocycles. The van der Waals surface area contributed by atoms with E-state index in [1.54, 1.807) is 0 Å². The minimum Gasteiger partial charge on any atom is -0.366 e. The first-order valence-corrected chi connectivity index (χ1v) is 5.48. The molecule has 0 radical (unpaired) electrons. The number of nitrogens with one attached hydrogen (secondary N) is 1. The average Bonchev–Trinajstić information content (AvgIpc) is 2.32. The molecule has 0 aromatic heterocycles. The molecule has 3 aliphatic heterocycles. The summed E-state index contributed by atoms with van der Waals surface area (Å²) in [5, 5.41) is 3.58. The number of benzene rings is 1. The zero-order chi connectivity index (χ0) is 9.38. The first kappa shape index (κ1) is 8.30. The average molecular weight is 188 g/mol. The van der Waals surface area contributed by atoms with Crippen LogP contribution in [0.1, 0.15) is 12.8 Å². The van der Waals surface area contributed by atoms with Crippen LogP contribution in [0, 0.1) is 0 Å². The molecule has 3 heterocycles. The fourth-order valence-electron chi connectivity index (χ4n) is 2.64. The number of para-hydroxylation sites is 1. The van der Waals surface area contributed by atoms with Crippen LogP contribution >= 0.6 is 0 Å². The summed E-state index contributed by atoms with van der Waals surface area (Å²) in [7, 11) is 0. The lowest BCUT2D eigenvalue weighted by atomic mass is 9.92. The van der Waals surface area contributed by atoms with Gasteiger partial charge >= 0.3 is 0 Å². The highest BCUT2D eigenvalue weighted by atomic mass is 15.2. The number of piperidine rings is 2. The van der Waals surface area contributed by atoms with Gasteiger partial charge in [0, 0.05) is 30.9 Å². The van der Waals surface area contributed by atoms with Crippen molar-refractivity contribution in [3.63, 3.8) is 0 Å². The molecule has 2 bridgehead atoms. The fourth-order valence-corrected chi connectivity index (χ4v) is 2.64. The number of fused-ring (bicyclic) bond motifs is 3. The lowest BCUT2D eigenvalue weighted by molar-refractivity contribution is 0.290. The third-order valence-electron chi connectivity index (χ3n) is 3.44. The van der Waals surface area contributed by atoms with Crippen molar-refractivity contribution < 1.29 is 0 Å². The molecule has 3 aliphatic rings. The van der Waals surface area contributed by atoms with E-state index in [-0.39, 0.29) is 0 Å². The first-order chi connectivity index (χ1) is 6.93. The number of anilines is 1. The Bertz CT molecular complexity index is 301. The second kappa shape index (κ2) is 3.28. The van der Waals surface area contributed by atoms with Gasteiger partial charge in [-0.1, -0.05) is 18.2 Å². The summed E-state index contributed by atoms with van der Waals surface area (Å²) in [5.41, 5.74) is 1.39. The molecule has 1 aromatic carbocycles. The van der Waals surface area contributed by atoms with Gasteiger partial charge in [-0.3, -0.25) is 0 Å². The fraction of sp³-hybridized carbons (Fsp3) is 0.500. The Morgan fingerprint density at radius 3 is 2.57 bits per heavy atom. The maximum absolute atomic E-state index is 3.58. The predicted molar refractivity (Wildman–Crippen MR) is 58.6 cm³/mol. The molecule has 3 saturated heterocycles. The van der Waals surface area contributed by atoms with Gasteiger partial charge in [0.05, 0.1) is 0 Å². The topological polar surface area (TPSA) is 15.3 Å². The van der Waals surface area contributed by atoms with Crippen LogP contribution in [0.3, 0.4) is 0 Å². The number of piperazine rings is 1. The van der Waals surface area contributed by atoms with Gasteiger partial charge in [0.1, 0.15) is 0 Å². The Balaban J connectivity index is 1.86. The smallest absolute Gasteiger partial charge is 0.0415 e. The summed E-state index contributed by atoms with van der Waals surface area (Å²) in [5.74, 6) is 0. The molecule has 2 nitrogen and oxygen atoms in total. The van der Waals surface area contributed by atoms with E-state index in [0.717, 1.165) is 12.1 Å². The van der Waals surface area contributed by atoms with Crippen molar-refractivity contribution in [2.75, 3.05) is 18.0 Å². The summed E-state index contributed by atoms with van der Waals surface area (Å²) >= 11 is 0. The van der Waals surface area contributed by atoms with Crippen LogP contribution in [0.4, 0.5) is 5.69 Å². The molecule has 2 heteroatoms. The van der Waals surface area contributed by atoms with E-state index in [1.165, 1.54) is 31.6 Å². The van der Waals surface area contributed by atoms with Crippen LogP contribution in [-0.2, 0) is 0 Å². The number of hydrogen-bond acceptors (Lipinski definition) is 2.